The minimum Gasteiger partial charge on any atom is -0.441 e. The van der Waals surface area contributed by atoms with Crippen molar-refractivity contribution in [2.75, 3.05) is 111 Å². The topological polar surface area (TPSA) is 206 Å². The van der Waals surface area contributed by atoms with Gasteiger partial charge in [-0.3, -0.25) is 24.7 Å². The zero-order chi connectivity index (χ0) is 41.5. The minimum absolute atomic E-state index is 0.00644. The summed E-state index contributed by atoms with van der Waals surface area (Å²) in [6.45, 7) is 8.53. The normalized spacial score (nSPS) is 21.0. The highest BCUT2D eigenvalue weighted by Gasteiger charge is 2.36. The fourth-order valence-corrected chi connectivity index (χ4v) is 9.16. The number of carbonyl (C=O) groups is 4. The molecule has 5 aliphatic rings. The van der Waals surface area contributed by atoms with Crippen LogP contribution in [-0.4, -0.2) is 150 Å². The number of hydrogen-bond acceptors (Lipinski definition) is 14. The number of imide groups is 1. The van der Waals surface area contributed by atoms with Gasteiger partial charge < -0.3 is 40.0 Å². The molecule has 0 unspecified atom stereocenters. The van der Waals surface area contributed by atoms with Crippen molar-refractivity contribution in [3.05, 3.63) is 48.2 Å². The summed E-state index contributed by atoms with van der Waals surface area (Å²) in [5.74, 6) is -0.581. The molecule has 5 saturated heterocycles. The number of oxazole rings is 1. The number of piperazine rings is 1. The van der Waals surface area contributed by atoms with Crippen LogP contribution in [0.3, 0.4) is 0 Å². The lowest BCUT2D eigenvalue weighted by atomic mass is 9.95. The zero-order valence-corrected chi connectivity index (χ0v) is 33.6. The molecule has 7 heterocycles. The quantitative estimate of drug-likeness (QED) is 0.211. The summed E-state index contributed by atoms with van der Waals surface area (Å²) in [4.78, 5) is 72.2. The molecule has 0 spiro atoms. The van der Waals surface area contributed by atoms with Crippen LogP contribution in [0.5, 0.6) is 0 Å². The Bertz CT molecular complexity index is 2290. The molecular weight excluding hydrogens is 776 g/mol. The second-order valence-corrected chi connectivity index (χ2v) is 16.2. The maximum atomic E-state index is 15.8. The van der Waals surface area contributed by atoms with Gasteiger partial charge in [-0.25, -0.2) is 19.0 Å². The van der Waals surface area contributed by atoms with E-state index >= 15 is 4.39 Å². The lowest BCUT2D eigenvalue weighted by Gasteiger charge is -2.40. The third-order valence-corrected chi connectivity index (χ3v) is 12.5. The number of fused-ring (bicyclic) bond motifs is 1. The van der Waals surface area contributed by atoms with Gasteiger partial charge in [-0.2, -0.15) is 4.98 Å². The molecule has 5 aliphatic heterocycles. The number of carbonyl (C=O) groups excluding carboxylic acids is 4. The Morgan fingerprint density at radius 1 is 0.900 bits per heavy atom. The highest BCUT2D eigenvalue weighted by Crippen LogP contribution is 2.36. The number of nitrogens with zero attached hydrogens (tertiary/aromatic N) is 11. The van der Waals surface area contributed by atoms with Gasteiger partial charge in [0.05, 0.1) is 23.1 Å². The van der Waals surface area contributed by atoms with Crippen molar-refractivity contribution in [2.24, 2.45) is 11.7 Å². The molecule has 6 amide bonds. The first kappa shape index (κ1) is 39.2. The van der Waals surface area contributed by atoms with Crippen molar-refractivity contribution in [3.8, 4) is 0 Å². The second-order valence-electron chi connectivity index (χ2n) is 16.2. The summed E-state index contributed by atoms with van der Waals surface area (Å²) in [6.07, 6.45) is 5.35. The zero-order valence-electron chi connectivity index (χ0n) is 33.6. The van der Waals surface area contributed by atoms with Crippen molar-refractivity contribution < 1.29 is 28.0 Å². The van der Waals surface area contributed by atoms with Gasteiger partial charge in [0.25, 0.3) is 5.91 Å². The van der Waals surface area contributed by atoms with Crippen molar-refractivity contribution in [1.82, 2.24) is 40.2 Å². The van der Waals surface area contributed by atoms with Gasteiger partial charge in [0, 0.05) is 97.7 Å². The van der Waals surface area contributed by atoms with Crippen molar-refractivity contribution >= 4 is 69.5 Å². The first-order chi connectivity index (χ1) is 29.1. The van der Waals surface area contributed by atoms with Crippen molar-refractivity contribution in [1.29, 1.82) is 0 Å². The molecule has 316 valence electrons. The number of nitrogens with one attached hydrogen (secondary N) is 2. The van der Waals surface area contributed by atoms with Gasteiger partial charge in [-0.05, 0) is 61.9 Å². The van der Waals surface area contributed by atoms with Gasteiger partial charge in [0.15, 0.2) is 23.5 Å². The summed E-state index contributed by atoms with van der Waals surface area (Å²) in [6, 6.07) is 8.29. The number of urea groups is 2. The van der Waals surface area contributed by atoms with Gasteiger partial charge >= 0.3 is 12.1 Å². The molecule has 4 aromatic rings. The number of nitrogens with two attached hydrogens (primary N) is 1. The molecule has 0 aliphatic carbocycles. The molecule has 4 N–H and O–H groups in total. The van der Waals surface area contributed by atoms with Crippen LogP contribution in [0.15, 0.2) is 41.1 Å². The predicted molar refractivity (Wildman–Crippen MR) is 221 cm³/mol. The molecular formula is C40H49FN14O5. The Balaban J connectivity index is 0.781. The van der Waals surface area contributed by atoms with Crippen LogP contribution in [0, 0.1) is 11.7 Å². The van der Waals surface area contributed by atoms with Crippen LogP contribution < -0.4 is 36.0 Å². The molecule has 0 radical (unpaired) electrons. The molecule has 0 saturated carbocycles. The third kappa shape index (κ3) is 7.78. The Hall–Kier alpha value is -6.31. The highest BCUT2D eigenvalue weighted by atomic mass is 19.1. The van der Waals surface area contributed by atoms with Crippen LogP contribution in [0.1, 0.15) is 42.6 Å². The highest BCUT2D eigenvalue weighted by molar-refractivity contribution is 6.09. The second kappa shape index (κ2) is 16.4. The number of hydrogen-bond donors (Lipinski definition) is 3. The number of amides is 6. The number of aromatic nitrogens is 4. The number of piperidine rings is 2. The number of likely N-dealkylation sites (N-methyl/N-ethyl adjacent to an activating group) is 1. The number of halogens is 1. The summed E-state index contributed by atoms with van der Waals surface area (Å²) in [7, 11) is 1.80. The fourth-order valence-electron chi connectivity index (χ4n) is 9.16. The van der Waals surface area contributed by atoms with E-state index in [4.69, 9.17) is 10.2 Å². The molecule has 1 atom stereocenters. The standard InChI is InChI=1S/C40H49FN14O5/c1-49-15-20-54(40(49)59)27-3-2-11-53(23-27)38-46-37(34(36(42)57)47-48-38)44-26-4-5-29(28(41)21-26)52-18-16-50(17-19-52)22-25-8-12-51(13-9-25)30-6-7-31(35-33(30)43-24-60-35)55-14-10-32(56)45-39(55)58/h4-7,21,24-25,27H,2-3,8-20,22-23H2,1H3,(H2,42,57)(H,44,46,48)(H,45,56,58)/t27-/m1/s1. The summed E-state index contributed by atoms with van der Waals surface area (Å²) >= 11 is 0. The molecule has 19 nitrogen and oxygen atoms in total. The predicted octanol–water partition coefficient (Wildman–Crippen LogP) is 2.82. The minimum atomic E-state index is -0.809. The lowest BCUT2D eigenvalue weighted by molar-refractivity contribution is -0.120. The Morgan fingerprint density at radius 2 is 1.67 bits per heavy atom. The maximum Gasteiger partial charge on any atom is 0.328 e. The number of anilines is 6. The Kier molecular flexibility index (Phi) is 10.7. The van der Waals surface area contributed by atoms with Crippen LogP contribution in [0.25, 0.3) is 11.1 Å². The van der Waals surface area contributed by atoms with Gasteiger partial charge in [0.1, 0.15) is 11.3 Å². The van der Waals surface area contributed by atoms with Gasteiger partial charge in [0.2, 0.25) is 11.9 Å². The van der Waals surface area contributed by atoms with E-state index in [1.165, 1.54) is 17.4 Å². The maximum absolute atomic E-state index is 15.8. The van der Waals surface area contributed by atoms with E-state index in [1.54, 1.807) is 24.1 Å². The van der Waals surface area contributed by atoms with Crippen LogP contribution >= 0.6 is 0 Å². The summed E-state index contributed by atoms with van der Waals surface area (Å²) < 4.78 is 21.5. The SMILES string of the molecule is CN1CCN([C@@H]2CCCN(c3nnc(C(N)=O)c(Nc4ccc(N5CCN(CC6CCN(c7ccc(N8CCC(=O)NC8=O)c8ocnc78)CC6)CC5)c(F)c4)n3)C2)C1=O. The first-order valence-electron chi connectivity index (χ1n) is 20.7. The third-order valence-electron chi connectivity index (χ3n) is 12.5. The monoisotopic (exact) mass is 824 g/mol. The molecule has 2 aromatic heterocycles. The van der Waals surface area contributed by atoms with E-state index in [2.05, 4.69) is 45.5 Å². The largest absolute Gasteiger partial charge is 0.441 e. The molecule has 2 aromatic carbocycles. The lowest BCUT2D eigenvalue weighted by Crippen LogP contribution is -2.49. The smallest absolute Gasteiger partial charge is 0.328 e. The number of benzene rings is 2. The van der Waals surface area contributed by atoms with Gasteiger partial charge in [-0.1, -0.05) is 0 Å². The van der Waals surface area contributed by atoms with Crippen molar-refractivity contribution in [2.45, 2.75) is 38.1 Å². The molecule has 9 rings (SSSR count). The Morgan fingerprint density at radius 3 is 2.40 bits per heavy atom. The first-order valence-corrected chi connectivity index (χ1v) is 20.7. The number of primary amides is 1. The fraction of sp³-hybridized carbons (Fsp3) is 0.500. The van der Waals surface area contributed by atoms with E-state index in [-0.39, 0.29) is 42.5 Å². The van der Waals surface area contributed by atoms with Crippen molar-refractivity contribution in [3.63, 3.8) is 0 Å². The van der Waals surface area contributed by atoms with E-state index in [0.717, 1.165) is 64.1 Å². The molecule has 20 heteroatoms. The van der Waals surface area contributed by atoms with Crippen LogP contribution in [0.2, 0.25) is 0 Å². The number of rotatable bonds is 10. The van der Waals surface area contributed by atoms with E-state index < -0.39 is 17.8 Å². The van der Waals surface area contributed by atoms with E-state index in [0.29, 0.717) is 79.3 Å². The van der Waals surface area contributed by atoms with E-state index in [1.807, 2.05) is 21.9 Å². The molecule has 60 heavy (non-hydrogen) atoms. The average molecular weight is 825 g/mol. The van der Waals surface area contributed by atoms with Gasteiger partial charge in [-0.15, -0.1) is 10.2 Å². The van der Waals surface area contributed by atoms with E-state index in [9.17, 15) is 19.2 Å². The Labute approximate surface area is 345 Å². The molecule has 5 fully saturated rings. The summed E-state index contributed by atoms with van der Waals surface area (Å²) in [5.41, 5.74) is 9.18. The summed E-state index contributed by atoms with van der Waals surface area (Å²) in [5, 5.41) is 13.7. The van der Waals surface area contributed by atoms with Crippen LogP contribution in [0.4, 0.5) is 48.5 Å². The van der Waals surface area contributed by atoms with Crippen LogP contribution in [-0.2, 0) is 4.79 Å². The average Bonchev–Trinajstić information content (AvgIpc) is 3.88. The molecule has 0 bridgehead atoms.